The lowest BCUT2D eigenvalue weighted by Gasteiger charge is -2.22. The Morgan fingerprint density at radius 2 is 2.07 bits per heavy atom. The maximum Gasteiger partial charge on any atom is 0.329 e. The number of amides is 1. The number of carbonyl (C=O) groups is 2. The summed E-state index contributed by atoms with van der Waals surface area (Å²) >= 11 is 0. The van der Waals surface area contributed by atoms with Crippen LogP contribution in [-0.2, 0) is 23.1 Å². The van der Waals surface area contributed by atoms with Crippen molar-refractivity contribution in [2.24, 2.45) is 13.0 Å². The highest BCUT2D eigenvalue weighted by Gasteiger charge is 2.21. The number of aldehydes is 1. The largest absolute Gasteiger partial charge is 0.359 e. The second-order valence-electron chi connectivity index (χ2n) is 7.35. The van der Waals surface area contributed by atoms with Crippen molar-refractivity contribution >= 4 is 23.2 Å². The molecule has 0 aliphatic carbocycles. The normalized spacial score (nSPS) is 16.4. The molecule has 1 aliphatic rings. The molecule has 3 rings (SSSR count). The van der Waals surface area contributed by atoms with E-state index >= 15 is 0 Å². The lowest BCUT2D eigenvalue weighted by Crippen LogP contribution is -2.28. The van der Waals surface area contributed by atoms with Gasteiger partial charge < -0.3 is 15.4 Å². The Balaban J connectivity index is 1.90. The second-order valence-corrected chi connectivity index (χ2v) is 7.35. The van der Waals surface area contributed by atoms with Gasteiger partial charge in [0.1, 0.15) is 6.29 Å². The molecular formula is C20H28N4O3. The number of rotatable bonds is 7. The van der Waals surface area contributed by atoms with Crippen LogP contribution in [0.15, 0.2) is 23.0 Å². The summed E-state index contributed by atoms with van der Waals surface area (Å²) < 4.78 is 3.11. The summed E-state index contributed by atoms with van der Waals surface area (Å²) in [5, 5.41) is 5.93. The first-order chi connectivity index (χ1) is 13.0. The van der Waals surface area contributed by atoms with Crippen molar-refractivity contribution in [1.82, 2.24) is 19.8 Å². The van der Waals surface area contributed by atoms with Gasteiger partial charge in [-0.1, -0.05) is 6.07 Å². The SMILES string of the molecule is CNC(=O)CCC(C=O)n1c(=O)n(C)c2cc(CC3CCNCC3)ccc21. The predicted octanol–water partition coefficient (Wildman–Crippen LogP) is 1.15. The Bertz CT molecular complexity index is 877. The smallest absolute Gasteiger partial charge is 0.329 e. The lowest BCUT2D eigenvalue weighted by atomic mass is 9.91. The molecule has 2 N–H and O–H groups in total. The molecule has 0 bridgehead atoms. The fraction of sp³-hybridized carbons (Fsp3) is 0.550. The quantitative estimate of drug-likeness (QED) is 0.714. The van der Waals surface area contributed by atoms with E-state index in [1.165, 1.54) is 23.0 Å². The predicted molar refractivity (Wildman–Crippen MR) is 105 cm³/mol. The average molecular weight is 372 g/mol. The molecule has 1 aromatic heterocycles. The zero-order valence-electron chi connectivity index (χ0n) is 16.0. The molecule has 146 valence electrons. The lowest BCUT2D eigenvalue weighted by molar-refractivity contribution is -0.121. The summed E-state index contributed by atoms with van der Waals surface area (Å²) in [5.74, 6) is 0.525. The number of hydrogen-bond acceptors (Lipinski definition) is 4. The van der Waals surface area contributed by atoms with Crippen LogP contribution in [0.4, 0.5) is 0 Å². The van der Waals surface area contributed by atoms with E-state index in [1.807, 2.05) is 6.07 Å². The summed E-state index contributed by atoms with van der Waals surface area (Å²) in [6.45, 7) is 2.13. The van der Waals surface area contributed by atoms with E-state index in [9.17, 15) is 14.4 Å². The molecule has 7 heteroatoms. The van der Waals surface area contributed by atoms with Gasteiger partial charge >= 0.3 is 5.69 Å². The summed E-state index contributed by atoms with van der Waals surface area (Å²) in [5.41, 5.74) is 2.57. The first-order valence-corrected chi connectivity index (χ1v) is 9.61. The van der Waals surface area contributed by atoms with Crippen LogP contribution in [0.2, 0.25) is 0 Å². The number of nitrogens with one attached hydrogen (secondary N) is 2. The van der Waals surface area contributed by atoms with E-state index < -0.39 is 6.04 Å². The Morgan fingerprint density at radius 1 is 1.33 bits per heavy atom. The number of carbonyl (C=O) groups excluding carboxylic acids is 2. The third kappa shape index (κ3) is 4.13. The van der Waals surface area contributed by atoms with Crippen molar-refractivity contribution in [3.63, 3.8) is 0 Å². The number of aromatic nitrogens is 2. The molecular weight excluding hydrogens is 344 g/mol. The fourth-order valence-corrected chi connectivity index (χ4v) is 3.94. The molecule has 1 aliphatic heterocycles. The number of nitrogens with zero attached hydrogens (tertiary/aromatic N) is 2. The molecule has 2 aromatic rings. The first-order valence-electron chi connectivity index (χ1n) is 9.61. The summed E-state index contributed by atoms with van der Waals surface area (Å²) in [4.78, 5) is 35.9. The van der Waals surface area contributed by atoms with Crippen molar-refractivity contribution in [2.45, 2.75) is 38.1 Å². The van der Waals surface area contributed by atoms with Crippen LogP contribution < -0.4 is 16.3 Å². The van der Waals surface area contributed by atoms with Gasteiger partial charge in [0.05, 0.1) is 17.1 Å². The van der Waals surface area contributed by atoms with Gasteiger partial charge in [0.15, 0.2) is 0 Å². The summed E-state index contributed by atoms with van der Waals surface area (Å²) in [7, 11) is 3.29. The van der Waals surface area contributed by atoms with Crippen molar-refractivity contribution in [3.05, 3.63) is 34.2 Å². The Kier molecular flexibility index (Phi) is 6.11. The van der Waals surface area contributed by atoms with Crippen LogP contribution in [0.3, 0.4) is 0 Å². The molecule has 1 unspecified atom stereocenters. The molecule has 7 nitrogen and oxygen atoms in total. The number of piperidine rings is 1. The average Bonchev–Trinajstić information content (AvgIpc) is 2.94. The molecule has 1 atom stereocenters. The van der Waals surface area contributed by atoms with Gasteiger partial charge in [-0.15, -0.1) is 0 Å². The van der Waals surface area contributed by atoms with Crippen molar-refractivity contribution < 1.29 is 9.59 Å². The van der Waals surface area contributed by atoms with E-state index in [-0.39, 0.29) is 18.0 Å². The Labute approximate surface area is 158 Å². The molecule has 2 heterocycles. The number of hydrogen-bond donors (Lipinski definition) is 2. The molecule has 0 saturated carbocycles. The molecule has 0 spiro atoms. The third-order valence-corrected chi connectivity index (χ3v) is 5.57. The molecule has 27 heavy (non-hydrogen) atoms. The van der Waals surface area contributed by atoms with Crippen molar-refractivity contribution in [3.8, 4) is 0 Å². The monoisotopic (exact) mass is 372 g/mol. The highest BCUT2D eigenvalue weighted by atomic mass is 16.2. The third-order valence-electron chi connectivity index (χ3n) is 5.57. The van der Waals surface area contributed by atoms with Gasteiger partial charge in [-0.05, 0) is 62.4 Å². The van der Waals surface area contributed by atoms with Gasteiger partial charge in [0, 0.05) is 20.5 Å². The van der Waals surface area contributed by atoms with E-state index in [1.54, 1.807) is 18.7 Å². The van der Waals surface area contributed by atoms with Crippen LogP contribution in [0.25, 0.3) is 11.0 Å². The van der Waals surface area contributed by atoms with Crippen LogP contribution in [-0.4, -0.2) is 41.5 Å². The van der Waals surface area contributed by atoms with Gasteiger partial charge in [0.2, 0.25) is 5.91 Å². The van der Waals surface area contributed by atoms with E-state index in [0.717, 1.165) is 36.8 Å². The minimum atomic E-state index is -0.645. The fourth-order valence-electron chi connectivity index (χ4n) is 3.94. The van der Waals surface area contributed by atoms with Crippen molar-refractivity contribution in [2.75, 3.05) is 20.1 Å². The second kappa shape index (κ2) is 8.52. The van der Waals surface area contributed by atoms with Gasteiger partial charge in [-0.2, -0.15) is 0 Å². The molecule has 1 fully saturated rings. The minimum Gasteiger partial charge on any atom is -0.359 e. The van der Waals surface area contributed by atoms with Crippen LogP contribution in [0.1, 0.15) is 37.3 Å². The number of imidazole rings is 1. The number of fused-ring (bicyclic) bond motifs is 1. The van der Waals surface area contributed by atoms with Gasteiger partial charge in [-0.25, -0.2) is 4.79 Å². The Hall–Kier alpha value is -2.41. The first kappa shape index (κ1) is 19.4. The molecule has 1 amide bonds. The minimum absolute atomic E-state index is 0.139. The van der Waals surface area contributed by atoms with Crippen molar-refractivity contribution in [1.29, 1.82) is 0 Å². The van der Waals surface area contributed by atoms with Crippen LogP contribution >= 0.6 is 0 Å². The van der Waals surface area contributed by atoms with E-state index in [2.05, 4.69) is 22.8 Å². The Morgan fingerprint density at radius 3 is 2.74 bits per heavy atom. The maximum absolute atomic E-state index is 12.8. The molecule has 1 aromatic carbocycles. The molecule has 0 radical (unpaired) electrons. The van der Waals surface area contributed by atoms with Crippen LogP contribution in [0.5, 0.6) is 0 Å². The number of aryl methyl sites for hydroxylation is 1. The molecule has 1 saturated heterocycles. The zero-order chi connectivity index (χ0) is 19.4. The maximum atomic E-state index is 12.8. The zero-order valence-corrected chi connectivity index (χ0v) is 16.0. The number of benzene rings is 1. The standard InChI is InChI=1S/C20H28N4O3/c1-21-19(26)6-4-16(13-25)24-17-5-3-15(11-14-7-9-22-10-8-14)12-18(17)23(2)20(24)27/h3,5,12-14,16,22H,4,6-11H2,1-2H3,(H,21,26). The van der Waals surface area contributed by atoms with Gasteiger partial charge in [0.25, 0.3) is 0 Å². The highest BCUT2D eigenvalue weighted by Crippen LogP contribution is 2.23. The van der Waals surface area contributed by atoms with E-state index in [4.69, 9.17) is 0 Å². The summed E-state index contributed by atoms with van der Waals surface area (Å²) in [6.07, 6.45) is 4.61. The van der Waals surface area contributed by atoms with Crippen LogP contribution in [0, 0.1) is 5.92 Å². The summed E-state index contributed by atoms with van der Waals surface area (Å²) in [6, 6.07) is 5.41. The highest BCUT2D eigenvalue weighted by molar-refractivity contribution is 5.79. The van der Waals surface area contributed by atoms with Gasteiger partial charge in [-0.3, -0.25) is 13.9 Å². The topological polar surface area (TPSA) is 85.1 Å². The van der Waals surface area contributed by atoms with E-state index in [0.29, 0.717) is 12.3 Å².